The summed E-state index contributed by atoms with van der Waals surface area (Å²) < 4.78 is 53.2. The average molecular weight is 489 g/mol. The first kappa shape index (κ1) is 24.2. The molecule has 3 rings (SSSR count). The highest BCUT2D eigenvalue weighted by atomic mass is 32.2. The maximum absolute atomic E-state index is 12.6. The second-order valence-electron chi connectivity index (χ2n) is 7.17. The Hall–Kier alpha value is -3.44. The zero-order valence-corrected chi connectivity index (χ0v) is 19.7. The minimum atomic E-state index is -3.83. The molecule has 9 nitrogen and oxygen atoms in total. The summed E-state index contributed by atoms with van der Waals surface area (Å²) in [5.41, 5.74) is 1.90. The Labute approximate surface area is 193 Å². The highest BCUT2D eigenvalue weighted by Gasteiger charge is 2.23. The van der Waals surface area contributed by atoms with Gasteiger partial charge >= 0.3 is 0 Å². The summed E-state index contributed by atoms with van der Waals surface area (Å²) in [7, 11) is -7.54. The lowest BCUT2D eigenvalue weighted by molar-refractivity contribution is -0.114. The van der Waals surface area contributed by atoms with Crippen molar-refractivity contribution in [1.29, 1.82) is 0 Å². The van der Waals surface area contributed by atoms with Gasteiger partial charge in [0.05, 0.1) is 28.7 Å². The third-order valence-electron chi connectivity index (χ3n) is 4.69. The van der Waals surface area contributed by atoms with Gasteiger partial charge in [-0.3, -0.25) is 18.8 Å². The fourth-order valence-electron chi connectivity index (χ4n) is 3.12. The first-order valence-electron chi connectivity index (χ1n) is 9.98. The molecule has 0 bridgehead atoms. The van der Waals surface area contributed by atoms with Crippen LogP contribution in [-0.4, -0.2) is 40.5 Å². The number of anilines is 3. The smallest absolute Gasteiger partial charge is 0.261 e. The number of nitrogens with one attached hydrogen (secondary N) is 2. The van der Waals surface area contributed by atoms with E-state index in [1.807, 2.05) is 19.1 Å². The molecule has 0 radical (unpaired) electrons. The fraction of sp³-hybridized carbons (Fsp3) is 0.182. The quantitative estimate of drug-likeness (QED) is 0.477. The van der Waals surface area contributed by atoms with E-state index in [0.29, 0.717) is 23.5 Å². The SMILES string of the molecule is CCc1ccccc1N(CC(=O)Nc1ccc(S(=O)(=O)Nc2cccnc2)cc1)S(C)(=O)=O. The van der Waals surface area contributed by atoms with E-state index in [2.05, 4.69) is 15.0 Å². The first-order chi connectivity index (χ1) is 15.6. The van der Waals surface area contributed by atoms with Crippen LogP contribution >= 0.6 is 0 Å². The van der Waals surface area contributed by atoms with Crippen molar-refractivity contribution >= 4 is 43.0 Å². The summed E-state index contributed by atoms with van der Waals surface area (Å²) in [6, 6.07) is 15.7. The molecule has 174 valence electrons. The second kappa shape index (κ2) is 10.0. The molecule has 3 aromatic rings. The summed E-state index contributed by atoms with van der Waals surface area (Å²) in [6.45, 7) is 1.48. The molecule has 0 saturated heterocycles. The topological polar surface area (TPSA) is 126 Å². The number of amides is 1. The van der Waals surface area contributed by atoms with Crippen LogP contribution in [0.4, 0.5) is 17.1 Å². The van der Waals surface area contributed by atoms with Gasteiger partial charge in [-0.2, -0.15) is 0 Å². The molecular formula is C22H24N4O5S2. The molecule has 0 aliphatic heterocycles. The van der Waals surface area contributed by atoms with Crippen LogP contribution in [0.5, 0.6) is 0 Å². The van der Waals surface area contributed by atoms with E-state index in [1.54, 1.807) is 24.3 Å². The molecule has 33 heavy (non-hydrogen) atoms. The third-order valence-corrected chi connectivity index (χ3v) is 7.21. The molecule has 1 amide bonds. The molecule has 0 aliphatic carbocycles. The molecule has 2 N–H and O–H groups in total. The van der Waals surface area contributed by atoms with E-state index in [4.69, 9.17) is 0 Å². The molecule has 0 spiro atoms. The number of aryl methyl sites for hydroxylation is 1. The molecule has 11 heteroatoms. The van der Waals surface area contributed by atoms with Crippen LogP contribution in [-0.2, 0) is 31.3 Å². The average Bonchev–Trinajstić information content (AvgIpc) is 2.77. The molecule has 0 unspecified atom stereocenters. The van der Waals surface area contributed by atoms with Crippen molar-refractivity contribution in [3.8, 4) is 0 Å². The van der Waals surface area contributed by atoms with Crippen molar-refractivity contribution in [2.75, 3.05) is 27.1 Å². The molecule has 0 aliphatic rings. The lowest BCUT2D eigenvalue weighted by atomic mass is 10.1. The van der Waals surface area contributed by atoms with E-state index >= 15 is 0 Å². The number of aromatic nitrogens is 1. The van der Waals surface area contributed by atoms with Gasteiger partial charge in [0.1, 0.15) is 6.54 Å². The number of carbonyl (C=O) groups excluding carboxylic acids is 1. The number of rotatable bonds is 9. The molecule has 0 saturated carbocycles. The zero-order valence-electron chi connectivity index (χ0n) is 18.1. The van der Waals surface area contributed by atoms with Crippen LogP contribution in [0.25, 0.3) is 0 Å². The number of para-hydroxylation sites is 1. The maximum Gasteiger partial charge on any atom is 0.261 e. The number of pyridine rings is 1. The Morgan fingerprint density at radius 3 is 2.24 bits per heavy atom. The predicted molar refractivity (Wildman–Crippen MR) is 128 cm³/mol. The fourth-order valence-corrected chi connectivity index (χ4v) is 5.05. The van der Waals surface area contributed by atoms with E-state index in [-0.39, 0.29) is 4.90 Å². The van der Waals surface area contributed by atoms with Gasteiger partial charge in [-0.25, -0.2) is 16.8 Å². The largest absolute Gasteiger partial charge is 0.325 e. The van der Waals surface area contributed by atoms with E-state index in [9.17, 15) is 21.6 Å². The highest BCUT2D eigenvalue weighted by Crippen LogP contribution is 2.24. The number of sulfonamides is 2. The van der Waals surface area contributed by atoms with Crippen molar-refractivity contribution in [3.05, 3.63) is 78.6 Å². The number of carbonyl (C=O) groups is 1. The van der Waals surface area contributed by atoms with Crippen LogP contribution in [0.1, 0.15) is 12.5 Å². The van der Waals surface area contributed by atoms with Gasteiger partial charge in [0.2, 0.25) is 15.9 Å². The number of hydrogen-bond donors (Lipinski definition) is 2. The lowest BCUT2D eigenvalue weighted by Gasteiger charge is -2.24. The Balaban J connectivity index is 1.73. The molecular weight excluding hydrogens is 464 g/mol. The van der Waals surface area contributed by atoms with Gasteiger partial charge in [-0.15, -0.1) is 0 Å². The van der Waals surface area contributed by atoms with Crippen molar-refractivity contribution in [2.24, 2.45) is 0 Å². The normalized spacial score (nSPS) is 11.6. The van der Waals surface area contributed by atoms with Crippen molar-refractivity contribution in [2.45, 2.75) is 18.2 Å². The first-order valence-corrected chi connectivity index (χ1v) is 13.3. The maximum atomic E-state index is 12.6. The number of hydrogen-bond acceptors (Lipinski definition) is 6. The molecule has 0 fully saturated rings. The summed E-state index contributed by atoms with van der Waals surface area (Å²) in [4.78, 5) is 16.5. The molecule has 2 aromatic carbocycles. The van der Waals surface area contributed by atoms with Gasteiger partial charge in [-0.1, -0.05) is 25.1 Å². The second-order valence-corrected chi connectivity index (χ2v) is 10.8. The highest BCUT2D eigenvalue weighted by molar-refractivity contribution is 7.92. The predicted octanol–water partition coefficient (Wildman–Crippen LogP) is 2.85. The Bertz CT molecular complexity index is 1330. The van der Waals surface area contributed by atoms with E-state index in [0.717, 1.165) is 16.1 Å². The van der Waals surface area contributed by atoms with Crippen LogP contribution < -0.4 is 14.3 Å². The van der Waals surface area contributed by atoms with Crippen molar-refractivity contribution < 1.29 is 21.6 Å². The van der Waals surface area contributed by atoms with E-state index < -0.39 is 32.5 Å². The number of benzene rings is 2. The van der Waals surface area contributed by atoms with Gasteiger partial charge in [0.15, 0.2) is 0 Å². The van der Waals surface area contributed by atoms with Gasteiger partial charge in [0, 0.05) is 11.9 Å². The zero-order chi connectivity index (χ0) is 24.1. The molecule has 0 atom stereocenters. The van der Waals surface area contributed by atoms with E-state index in [1.165, 1.54) is 36.7 Å². The van der Waals surface area contributed by atoms with Crippen LogP contribution in [0, 0.1) is 0 Å². The van der Waals surface area contributed by atoms with Gasteiger partial charge in [0.25, 0.3) is 10.0 Å². The minimum Gasteiger partial charge on any atom is -0.325 e. The third kappa shape index (κ3) is 6.30. The summed E-state index contributed by atoms with van der Waals surface area (Å²) >= 11 is 0. The monoisotopic (exact) mass is 488 g/mol. The van der Waals surface area contributed by atoms with Gasteiger partial charge < -0.3 is 5.32 Å². The minimum absolute atomic E-state index is 0.000937. The molecule has 1 heterocycles. The van der Waals surface area contributed by atoms with Gasteiger partial charge in [-0.05, 0) is 54.4 Å². The summed E-state index contributed by atoms with van der Waals surface area (Å²) in [6.07, 6.45) is 4.56. The van der Waals surface area contributed by atoms with Crippen LogP contribution in [0.15, 0.2) is 78.0 Å². The van der Waals surface area contributed by atoms with Crippen molar-refractivity contribution in [3.63, 3.8) is 0 Å². The Morgan fingerprint density at radius 2 is 1.64 bits per heavy atom. The Morgan fingerprint density at radius 1 is 0.939 bits per heavy atom. The van der Waals surface area contributed by atoms with Crippen molar-refractivity contribution in [1.82, 2.24) is 4.98 Å². The molecule has 1 aromatic heterocycles. The summed E-state index contributed by atoms with van der Waals surface area (Å²) in [5, 5.41) is 2.61. The standard InChI is InChI=1S/C22H24N4O5S2/c1-3-17-7-4-5-9-21(17)26(32(2,28)29)16-22(27)24-18-10-12-20(13-11-18)33(30,31)25-19-8-6-14-23-15-19/h4-15,25H,3,16H2,1-2H3,(H,24,27). The Kier molecular flexibility index (Phi) is 7.34. The lowest BCUT2D eigenvalue weighted by Crippen LogP contribution is -2.38. The number of nitrogens with zero attached hydrogens (tertiary/aromatic N) is 2. The van der Waals surface area contributed by atoms with Crippen LogP contribution in [0.2, 0.25) is 0 Å². The summed E-state index contributed by atoms with van der Waals surface area (Å²) in [5.74, 6) is -0.560. The van der Waals surface area contributed by atoms with Crippen LogP contribution in [0.3, 0.4) is 0 Å².